The lowest BCUT2D eigenvalue weighted by molar-refractivity contribution is -0.155. The maximum Gasteiger partial charge on any atom is 0.400 e. The van der Waals surface area contributed by atoms with Gasteiger partial charge in [0.25, 0.3) is 0 Å². The normalized spacial score (nSPS) is 21.0. The molecule has 1 fully saturated rings. The van der Waals surface area contributed by atoms with Gasteiger partial charge in [0.05, 0.1) is 0 Å². The van der Waals surface area contributed by atoms with E-state index in [-0.39, 0.29) is 12.0 Å². The maximum atomic E-state index is 12.9. The SMILES string of the molecule is CC(C)CC1(CNCC(C(N)=NO)C(F)(F)F)CCCC1. The molecule has 4 nitrogen and oxygen atoms in total. The van der Waals surface area contributed by atoms with Gasteiger partial charge in [0, 0.05) is 13.1 Å². The quantitative estimate of drug-likeness (QED) is 0.293. The lowest BCUT2D eigenvalue weighted by atomic mass is 9.78. The average Bonchev–Trinajstić information content (AvgIpc) is 2.80. The van der Waals surface area contributed by atoms with Crippen molar-refractivity contribution < 1.29 is 18.4 Å². The Hall–Kier alpha value is -0.980. The van der Waals surface area contributed by atoms with E-state index in [1.807, 2.05) is 0 Å². The highest BCUT2D eigenvalue weighted by molar-refractivity contribution is 5.83. The van der Waals surface area contributed by atoms with Crippen LogP contribution in [0.3, 0.4) is 0 Å². The Bertz CT molecular complexity index is 350. The molecule has 0 aliphatic heterocycles. The standard InChI is InChI=1S/C14H26F3N3O/c1-10(2)7-13(5-3-4-6-13)9-19-8-11(12(18)20-21)14(15,16)17/h10-11,19,21H,3-9H2,1-2H3,(H2,18,20). The highest BCUT2D eigenvalue weighted by Gasteiger charge is 2.43. The summed E-state index contributed by atoms with van der Waals surface area (Å²) in [5, 5.41) is 13.9. The molecule has 0 amide bonds. The first kappa shape index (κ1) is 18.1. The number of hydrogen-bond donors (Lipinski definition) is 3. The number of halogens is 3. The van der Waals surface area contributed by atoms with Crippen LogP contribution in [-0.4, -0.2) is 30.3 Å². The molecule has 1 unspecified atom stereocenters. The van der Waals surface area contributed by atoms with Gasteiger partial charge in [0.2, 0.25) is 0 Å². The van der Waals surface area contributed by atoms with E-state index >= 15 is 0 Å². The van der Waals surface area contributed by atoms with E-state index in [1.54, 1.807) is 0 Å². The minimum Gasteiger partial charge on any atom is -0.409 e. The average molecular weight is 309 g/mol. The third-order valence-corrected chi connectivity index (χ3v) is 4.22. The molecule has 124 valence electrons. The molecule has 0 saturated heterocycles. The molecule has 0 heterocycles. The lowest BCUT2D eigenvalue weighted by Crippen LogP contribution is -2.45. The largest absolute Gasteiger partial charge is 0.409 e. The summed E-state index contributed by atoms with van der Waals surface area (Å²) < 4.78 is 38.6. The molecule has 0 aromatic carbocycles. The third kappa shape index (κ3) is 5.37. The first-order valence-electron chi connectivity index (χ1n) is 7.45. The van der Waals surface area contributed by atoms with E-state index in [0.717, 1.165) is 32.1 Å². The number of nitrogens with zero attached hydrogens (tertiary/aromatic N) is 1. The summed E-state index contributed by atoms with van der Waals surface area (Å²) in [6.07, 6.45) is 0.885. The Morgan fingerprint density at radius 2 is 1.90 bits per heavy atom. The van der Waals surface area contributed by atoms with Crippen LogP contribution in [0.4, 0.5) is 13.2 Å². The molecule has 0 spiro atoms. The maximum absolute atomic E-state index is 12.9. The Labute approximate surface area is 124 Å². The first-order chi connectivity index (χ1) is 9.70. The van der Waals surface area contributed by atoms with Gasteiger partial charge in [-0.05, 0) is 30.6 Å². The predicted molar refractivity (Wildman–Crippen MR) is 76.2 cm³/mol. The predicted octanol–water partition coefficient (Wildman–Crippen LogP) is 3.11. The topological polar surface area (TPSA) is 70.6 Å². The molecule has 0 bridgehead atoms. The van der Waals surface area contributed by atoms with Gasteiger partial charge in [-0.1, -0.05) is 31.8 Å². The Morgan fingerprint density at radius 3 is 2.33 bits per heavy atom. The Kier molecular flexibility index (Phi) is 6.31. The van der Waals surface area contributed by atoms with Crippen molar-refractivity contribution in [2.75, 3.05) is 13.1 Å². The van der Waals surface area contributed by atoms with Crippen molar-refractivity contribution in [1.82, 2.24) is 5.32 Å². The molecule has 1 atom stereocenters. The molecule has 1 saturated carbocycles. The highest BCUT2D eigenvalue weighted by Crippen LogP contribution is 2.42. The van der Waals surface area contributed by atoms with Crippen LogP contribution in [-0.2, 0) is 0 Å². The van der Waals surface area contributed by atoms with Crippen molar-refractivity contribution in [3.8, 4) is 0 Å². The van der Waals surface area contributed by atoms with Gasteiger partial charge in [-0.2, -0.15) is 13.2 Å². The molecule has 0 aromatic heterocycles. The third-order valence-electron chi connectivity index (χ3n) is 4.22. The number of hydrogen-bond acceptors (Lipinski definition) is 3. The molecule has 1 aliphatic rings. The number of alkyl halides is 3. The van der Waals surface area contributed by atoms with Crippen LogP contribution in [0.5, 0.6) is 0 Å². The Balaban J connectivity index is 2.60. The zero-order chi connectivity index (χ0) is 16.1. The van der Waals surface area contributed by atoms with Crippen molar-refractivity contribution >= 4 is 5.84 Å². The van der Waals surface area contributed by atoms with Crippen LogP contribution < -0.4 is 11.1 Å². The van der Waals surface area contributed by atoms with Crippen LogP contribution in [0.25, 0.3) is 0 Å². The van der Waals surface area contributed by atoms with Crippen LogP contribution in [0.1, 0.15) is 46.0 Å². The molecule has 4 N–H and O–H groups in total. The lowest BCUT2D eigenvalue weighted by Gasteiger charge is -2.32. The summed E-state index contributed by atoms with van der Waals surface area (Å²) in [5.41, 5.74) is 5.24. The second kappa shape index (κ2) is 7.33. The van der Waals surface area contributed by atoms with E-state index in [0.29, 0.717) is 12.5 Å². The summed E-state index contributed by atoms with van der Waals surface area (Å²) in [4.78, 5) is 0. The van der Waals surface area contributed by atoms with Crippen molar-refractivity contribution in [2.24, 2.45) is 28.1 Å². The number of nitrogens with two attached hydrogens (primary N) is 1. The second-order valence-corrected chi connectivity index (χ2v) is 6.56. The molecule has 7 heteroatoms. The summed E-state index contributed by atoms with van der Waals surface area (Å²) in [6.45, 7) is 4.47. The van der Waals surface area contributed by atoms with Crippen LogP contribution in [0.15, 0.2) is 5.16 Å². The van der Waals surface area contributed by atoms with Gasteiger partial charge >= 0.3 is 6.18 Å². The molecule has 0 aromatic rings. The van der Waals surface area contributed by atoms with Gasteiger partial charge < -0.3 is 16.3 Å². The molecule has 21 heavy (non-hydrogen) atoms. The first-order valence-corrected chi connectivity index (χ1v) is 7.45. The molecule has 1 rings (SSSR count). The number of rotatable bonds is 7. The van der Waals surface area contributed by atoms with Crippen LogP contribution >= 0.6 is 0 Å². The van der Waals surface area contributed by atoms with Crippen molar-refractivity contribution in [1.29, 1.82) is 0 Å². The smallest absolute Gasteiger partial charge is 0.400 e. The van der Waals surface area contributed by atoms with Crippen molar-refractivity contribution in [3.63, 3.8) is 0 Å². The summed E-state index contributed by atoms with van der Waals surface area (Å²) in [7, 11) is 0. The van der Waals surface area contributed by atoms with Gasteiger partial charge in [-0.3, -0.25) is 0 Å². The van der Waals surface area contributed by atoms with E-state index in [1.165, 1.54) is 0 Å². The molecule has 0 radical (unpaired) electrons. The molecule has 1 aliphatic carbocycles. The zero-order valence-electron chi connectivity index (χ0n) is 12.7. The fraction of sp³-hybridized carbons (Fsp3) is 0.929. The fourth-order valence-electron chi connectivity index (χ4n) is 3.38. The molecular formula is C14H26F3N3O. The van der Waals surface area contributed by atoms with Crippen LogP contribution in [0.2, 0.25) is 0 Å². The Morgan fingerprint density at radius 1 is 1.33 bits per heavy atom. The summed E-state index contributed by atoms with van der Waals surface area (Å²) in [6, 6.07) is 0. The highest BCUT2D eigenvalue weighted by atomic mass is 19.4. The summed E-state index contributed by atoms with van der Waals surface area (Å²) in [5.74, 6) is -2.22. The number of amidine groups is 1. The zero-order valence-corrected chi connectivity index (χ0v) is 12.7. The van der Waals surface area contributed by atoms with E-state index in [4.69, 9.17) is 10.9 Å². The van der Waals surface area contributed by atoms with Gasteiger partial charge in [0.1, 0.15) is 5.92 Å². The minimum absolute atomic E-state index is 0.0927. The monoisotopic (exact) mass is 309 g/mol. The van der Waals surface area contributed by atoms with E-state index in [9.17, 15) is 13.2 Å². The van der Waals surface area contributed by atoms with Crippen LogP contribution in [0, 0.1) is 17.3 Å². The van der Waals surface area contributed by atoms with Gasteiger partial charge in [-0.25, -0.2) is 0 Å². The number of oxime groups is 1. The van der Waals surface area contributed by atoms with Gasteiger partial charge in [-0.15, -0.1) is 0 Å². The molecular weight excluding hydrogens is 283 g/mol. The van der Waals surface area contributed by atoms with E-state index < -0.39 is 17.9 Å². The van der Waals surface area contributed by atoms with E-state index in [2.05, 4.69) is 24.3 Å². The minimum atomic E-state index is -4.51. The number of nitrogens with one attached hydrogen (secondary N) is 1. The second-order valence-electron chi connectivity index (χ2n) is 6.56. The summed E-state index contributed by atoms with van der Waals surface area (Å²) >= 11 is 0. The fourth-order valence-corrected chi connectivity index (χ4v) is 3.38. The van der Waals surface area contributed by atoms with Crippen molar-refractivity contribution in [3.05, 3.63) is 0 Å². The van der Waals surface area contributed by atoms with Crippen molar-refractivity contribution in [2.45, 2.75) is 52.1 Å². The van der Waals surface area contributed by atoms with Gasteiger partial charge in [0.15, 0.2) is 5.84 Å².